The lowest BCUT2D eigenvalue weighted by molar-refractivity contribution is 0.205. The predicted octanol–water partition coefficient (Wildman–Crippen LogP) is -0.553. The minimum atomic E-state index is 0.214. The van der Waals surface area contributed by atoms with Crippen molar-refractivity contribution in [1.29, 1.82) is 0 Å². The predicted molar refractivity (Wildman–Crippen MR) is 40.7 cm³/mol. The largest absolute Gasteiger partial charge is 0.395 e. The average molecular weight is 144 g/mol. The van der Waals surface area contributed by atoms with Crippen LogP contribution in [0.4, 0.5) is 0 Å². The monoisotopic (exact) mass is 144 g/mol. The lowest BCUT2D eigenvalue weighted by Gasteiger charge is -2.34. The van der Waals surface area contributed by atoms with E-state index in [0.717, 1.165) is 12.8 Å². The quantitative estimate of drug-likeness (QED) is 0.498. The van der Waals surface area contributed by atoms with Crippen LogP contribution in [0.1, 0.15) is 19.8 Å². The van der Waals surface area contributed by atoms with Gasteiger partial charge in [0.25, 0.3) is 0 Å². The van der Waals surface area contributed by atoms with E-state index < -0.39 is 0 Å². The summed E-state index contributed by atoms with van der Waals surface area (Å²) in [7, 11) is 0. The van der Waals surface area contributed by atoms with Crippen LogP contribution in [0.25, 0.3) is 0 Å². The molecule has 0 bridgehead atoms. The van der Waals surface area contributed by atoms with Crippen LogP contribution in [0, 0.1) is 0 Å². The van der Waals surface area contributed by atoms with E-state index in [4.69, 9.17) is 10.8 Å². The van der Waals surface area contributed by atoms with Gasteiger partial charge in [0.15, 0.2) is 0 Å². The average Bonchev–Trinajstić information content (AvgIpc) is 1.84. The Balaban J connectivity index is 2.04. The molecule has 0 heterocycles. The van der Waals surface area contributed by atoms with Crippen LogP contribution >= 0.6 is 0 Å². The van der Waals surface area contributed by atoms with Gasteiger partial charge in [-0.2, -0.15) is 0 Å². The molecule has 4 N–H and O–H groups in total. The Morgan fingerprint density at radius 3 is 2.70 bits per heavy atom. The molecule has 10 heavy (non-hydrogen) atoms. The third-order valence-corrected chi connectivity index (χ3v) is 1.97. The van der Waals surface area contributed by atoms with Crippen LogP contribution in [0.5, 0.6) is 0 Å². The maximum atomic E-state index is 8.68. The van der Waals surface area contributed by atoms with E-state index >= 15 is 0 Å². The van der Waals surface area contributed by atoms with Gasteiger partial charge in [-0.1, -0.05) is 0 Å². The number of hydrogen-bond donors (Lipinski definition) is 3. The highest BCUT2D eigenvalue weighted by atomic mass is 16.3. The van der Waals surface area contributed by atoms with E-state index in [1.165, 1.54) is 0 Å². The van der Waals surface area contributed by atoms with Gasteiger partial charge in [0.1, 0.15) is 0 Å². The van der Waals surface area contributed by atoms with Gasteiger partial charge in [-0.15, -0.1) is 0 Å². The molecule has 3 heteroatoms. The summed E-state index contributed by atoms with van der Waals surface area (Å²) in [5.74, 6) is 0. The fourth-order valence-electron chi connectivity index (χ4n) is 1.25. The topological polar surface area (TPSA) is 58.3 Å². The maximum Gasteiger partial charge on any atom is 0.0582 e. The zero-order valence-electron chi connectivity index (χ0n) is 6.38. The fourth-order valence-corrected chi connectivity index (χ4v) is 1.25. The summed E-state index contributed by atoms with van der Waals surface area (Å²) in [6.45, 7) is 2.19. The fraction of sp³-hybridized carbons (Fsp3) is 1.00. The van der Waals surface area contributed by atoms with Crippen LogP contribution in [0.3, 0.4) is 0 Å². The lowest BCUT2D eigenvalue weighted by Crippen LogP contribution is -2.51. The maximum absolute atomic E-state index is 8.68. The molecule has 0 aromatic heterocycles. The van der Waals surface area contributed by atoms with Crippen molar-refractivity contribution in [2.75, 3.05) is 6.61 Å². The van der Waals surface area contributed by atoms with Gasteiger partial charge in [0, 0.05) is 18.1 Å². The molecule has 1 saturated carbocycles. The molecular weight excluding hydrogens is 128 g/mol. The molecule has 0 saturated heterocycles. The first kappa shape index (κ1) is 7.98. The third kappa shape index (κ3) is 1.94. The number of nitrogens with one attached hydrogen (secondary N) is 1. The van der Waals surface area contributed by atoms with Crippen molar-refractivity contribution in [3.63, 3.8) is 0 Å². The van der Waals surface area contributed by atoms with E-state index in [1.54, 1.807) is 0 Å². The van der Waals surface area contributed by atoms with Gasteiger partial charge in [0.05, 0.1) is 6.61 Å². The zero-order chi connectivity index (χ0) is 7.56. The molecular formula is C7H16N2O. The summed E-state index contributed by atoms with van der Waals surface area (Å²) < 4.78 is 0. The number of hydrogen-bond acceptors (Lipinski definition) is 3. The van der Waals surface area contributed by atoms with Crippen LogP contribution in [0.2, 0.25) is 0 Å². The Morgan fingerprint density at radius 2 is 2.30 bits per heavy atom. The highest BCUT2D eigenvalue weighted by Gasteiger charge is 2.26. The molecule has 1 atom stereocenters. The molecule has 3 nitrogen and oxygen atoms in total. The molecule has 1 fully saturated rings. The molecule has 1 unspecified atom stereocenters. The Bertz CT molecular complexity index is 102. The summed E-state index contributed by atoms with van der Waals surface area (Å²) >= 11 is 0. The molecule has 0 amide bonds. The highest BCUT2D eigenvalue weighted by molar-refractivity contribution is 4.88. The van der Waals surface area contributed by atoms with Gasteiger partial charge in [-0.25, -0.2) is 0 Å². The molecule has 1 aliphatic carbocycles. The summed E-state index contributed by atoms with van der Waals surface area (Å²) in [6.07, 6.45) is 2.12. The molecule has 0 spiro atoms. The van der Waals surface area contributed by atoms with Gasteiger partial charge < -0.3 is 16.2 Å². The van der Waals surface area contributed by atoms with Crippen molar-refractivity contribution in [3.8, 4) is 0 Å². The van der Waals surface area contributed by atoms with Crippen LogP contribution in [0.15, 0.2) is 0 Å². The summed E-state index contributed by atoms with van der Waals surface area (Å²) in [5.41, 5.74) is 5.58. The second-order valence-electron chi connectivity index (χ2n) is 3.18. The minimum absolute atomic E-state index is 0.214. The van der Waals surface area contributed by atoms with Crippen molar-refractivity contribution >= 4 is 0 Å². The molecule has 1 aliphatic rings. The van der Waals surface area contributed by atoms with Gasteiger partial charge in [-0.3, -0.25) is 0 Å². The summed E-state index contributed by atoms with van der Waals surface area (Å²) in [4.78, 5) is 0. The lowest BCUT2D eigenvalue weighted by atomic mass is 9.87. The Kier molecular flexibility index (Phi) is 2.65. The van der Waals surface area contributed by atoms with Crippen molar-refractivity contribution in [3.05, 3.63) is 0 Å². The van der Waals surface area contributed by atoms with Crippen molar-refractivity contribution in [1.82, 2.24) is 5.32 Å². The van der Waals surface area contributed by atoms with E-state index in [1.807, 2.05) is 6.92 Å². The summed E-state index contributed by atoms with van der Waals surface area (Å²) in [6, 6.07) is 1.16. The standard InChI is InChI=1S/C7H16N2O/c1-5(4-10)9-7-2-6(8)3-7/h5-7,9-10H,2-4,8H2,1H3. The van der Waals surface area contributed by atoms with Crippen LogP contribution in [-0.4, -0.2) is 29.8 Å². The Morgan fingerprint density at radius 1 is 1.70 bits per heavy atom. The molecule has 0 aliphatic heterocycles. The zero-order valence-corrected chi connectivity index (χ0v) is 6.38. The number of rotatable bonds is 3. The van der Waals surface area contributed by atoms with E-state index in [-0.39, 0.29) is 12.6 Å². The molecule has 0 radical (unpaired) electrons. The normalized spacial score (nSPS) is 35.1. The molecule has 0 aromatic carbocycles. The van der Waals surface area contributed by atoms with Crippen LogP contribution in [-0.2, 0) is 0 Å². The van der Waals surface area contributed by atoms with E-state index in [0.29, 0.717) is 12.1 Å². The highest BCUT2D eigenvalue weighted by Crippen LogP contribution is 2.17. The van der Waals surface area contributed by atoms with Crippen LogP contribution < -0.4 is 11.1 Å². The van der Waals surface area contributed by atoms with Gasteiger partial charge in [0.2, 0.25) is 0 Å². The van der Waals surface area contributed by atoms with Gasteiger partial charge in [-0.05, 0) is 19.8 Å². The first-order valence-corrected chi connectivity index (χ1v) is 3.85. The van der Waals surface area contributed by atoms with E-state index in [9.17, 15) is 0 Å². The second kappa shape index (κ2) is 3.32. The molecule has 1 rings (SSSR count). The minimum Gasteiger partial charge on any atom is -0.395 e. The number of nitrogens with two attached hydrogens (primary N) is 1. The van der Waals surface area contributed by atoms with Crippen molar-refractivity contribution < 1.29 is 5.11 Å². The Labute approximate surface area is 61.6 Å². The molecule has 0 aromatic rings. The number of aliphatic hydroxyl groups excluding tert-OH is 1. The third-order valence-electron chi connectivity index (χ3n) is 1.97. The Hall–Kier alpha value is -0.120. The van der Waals surface area contributed by atoms with Gasteiger partial charge >= 0.3 is 0 Å². The number of aliphatic hydroxyl groups is 1. The van der Waals surface area contributed by atoms with Crippen molar-refractivity contribution in [2.24, 2.45) is 5.73 Å². The van der Waals surface area contributed by atoms with Crippen molar-refractivity contribution in [2.45, 2.75) is 37.9 Å². The second-order valence-corrected chi connectivity index (χ2v) is 3.18. The molecule has 60 valence electrons. The first-order valence-electron chi connectivity index (χ1n) is 3.85. The van der Waals surface area contributed by atoms with E-state index in [2.05, 4.69) is 5.32 Å². The first-order chi connectivity index (χ1) is 4.72. The smallest absolute Gasteiger partial charge is 0.0582 e. The summed E-state index contributed by atoms with van der Waals surface area (Å²) in [5, 5.41) is 11.9. The SMILES string of the molecule is CC(CO)NC1CC(N)C1.